The molecule has 1 fully saturated rings. The van der Waals surface area contributed by atoms with Gasteiger partial charge in [-0.2, -0.15) is 4.98 Å². The highest BCUT2D eigenvalue weighted by Crippen LogP contribution is 2.29. The molecule has 158 valence electrons. The van der Waals surface area contributed by atoms with Crippen LogP contribution in [0.5, 0.6) is 0 Å². The maximum absolute atomic E-state index is 13.1. The molecule has 2 aromatic carbocycles. The molecule has 1 saturated heterocycles. The number of benzene rings is 2. The number of hydrogen-bond acceptors (Lipinski definition) is 6. The van der Waals surface area contributed by atoms with Crippen molar-refractivity contribution in [2.45, 2.75) is 26.4 Å². The highest BCUT2D eigenvalue weighted by molar-refractivity contribution is 7.17. The number of rotatable bonds is 4. The third-order valence-electron chi connectivity index (χ3n) is 5.67. The van der Waals surface area contributed by atoms with Crippen molar-refractivity contribution in [1.82, 2.24) is 15.0 Å². The summed E-state index contributed by atoms with van der Waals surface area (Å²) >= 11 is 1.68. The predicted octanol–water partition coefficient (Wildman–Crippen LogP) is 4.71. The number of aromatic nitrogens is 2. The zero-order valence-electron chi connectivity index (χ0n) is 17.5. The Hall–Kier alpha value is -3.03. The zero-order chi connectivity index (χ0) is 21.4. The van der Waals surface area contributed by atoms with Gasteiger partial charge in [-0.1, -0.05) is 47.1 Å². The first kappa shape index (κ1) is 19.9. The SMILES string of the molecule is Cc1ccc2scc(CC(=O)N3CCOC(c4nc(-c5ccccc5C)no4)C3)c2c1. The van der Waals surface area contributed by atoms with Gasteiger partial charge in [0.2, 0.25) is 11.7 Å². The molecule has 7 heteroatoms. The number of amides is 1. The number of thiophene rings is 1. The Bertz CT molecular complexity index is 1250. The third-order valence-corrected chi connectivity index (χ3v) is 6.69. The van der Waals surface area contributed by atoms with Crippen molar-refractivity contribution < 1.29 is 14.1 Å². The number of ether oxygens (including phenoxy) is 1. The van der Waals surface area contributed by atoms with Crippen LogP contribution in [0.3, 0.4) is 0 Å². The average molecular weight is 434 g/mol. The summed E-state index contributed by atoms with van der Waals surface area (Å²) in [4.78, 5) is 19.4. The Morgan fingerprint density at radius 2 is 2.10 bits per heavy atom. The second-order valence-electron chi connectivity index (χ2n) is 7.91. The molecule has 2 aromatic heterocycles. The minimum atomic E-state index is -0.413. The monoisotopic (exact) mass is 433 g/mol. The van der Waals surface area contributed by atoms with Gasteiger partial charge in [0.15, 0.2) is 6.10 Å². The van der Waals surface area contributed by atoms with E-state index in [2.05, 4.69) is 40.6 Å². The van der Waals surface area contributed by atoms with Gasteiger partial charge in [-0.15, -0.1) is 11.3 Å². The largest absolute Gasteiger partial charge is 0.365 e. The molecule has 0 spiro atoms. The Morgan fingerprint density at radius 3 is 2.97 bits per heavy atom. The normalized spacial score (nSPS) is 16.7. The maximum Gasteiger partial charge on any atom is 0.257 e. The average Bonchev–Trinajstić information content (AvgIpc) is 3.42. The van der Waals surface area contributed by atoms with E-state index in [1.54, 1.807) is 11.3 Å². The van der Waals surface area contributed by atoms with Crippen LogP contribution < -0.4 is 0 Å². The van der Waals surface area contributed by atoms with E-state index < -0.39 is 6.10 Å². The molecular weight excluding hydrogens is 410 g/mol. The fraction of sp³-hybridized carbons (Fsp3) is 0.292. The standard InChI is InChI=1S/C24H23N3O3S/c1-15-7-8-21-19(11-15)17(14-31-21)12-22(28)27-9-10-29-20(13-27)24-25-23(26-30-24)18-6-4-3-5-16(18)2/h3-8,11,14,20H,9-10,12-13H2,1-2H3. The molecule has 1 aliphatic rings. The van der Waals surface area contributed by atoms with Crippen LogP contribution in [0.1, 0.15) is 28.7 Å². The molecule has 0 bridgehead atoms. The second kappa shape index (κ2) is 8.24. The Morgan fingerprint density at radius 1 is 1.23 bits per heavy atom. The van der Waals surface area contributed by atoms with Crippen LogP contribution in [0.25, 0.3) is 21.5 Å². The van der Waals surface area contributed by atoms with E-state index in [-0.39, 0.29) is 5.91 Å². The molecule has 1 unspecified atom stereocenters. The lowest BCUT2D eigenvalue weighted by atomic mass is 10.1. The third kappa shape index (κ3) is 3.98. The first-order chi connectivity index (χ1) is 15.1. The molecule has 1 atom stereocenters. The van der Waals surface area contributed by atoms with Crippen molar-refractivity contribution in [2.75, 3.05) is 19.7 Å². The van der Waals surface area contributed by atoms with Gasteiger partial charge in [0.05, 0.1) is 19.6 Å². The molecule has 6 nitrogen and oxygen atoms in total. The number of hydrogen-bond donors (Lipinski definition) is 0. The molecule has 31 heavy (non-hydrogen) atoms. The van der Waals surface area contributed by atoms with Crippen LogP contribution >= 0.6 is 11.3 Å². The van der Waals surface area contributed by atoms with Gasteiger partial charge >= 0.3 is 0 Å². The first-order valence-corrected chi connectivity index (χ1v) is 11.2. The lowest BCUT2D eigenvalue weighted by Gasteiger charge is -2.31. The number of nitrogens with zero attached hydrogens (tertiary/aromatic N) is 3. The lowest BCUT2D eigenvalue weighted by molar-refractivity contribution is -0.139. The smallest absolute Gasteiger partial charge is 0.257 e. The van der Waals surface area contributed by atoms with E-state index in [1.807, 2.05) is 36.1 Å². The summed E-state index contributed by atoms with van der Waals surface area (Å²) in [6.07, 6.45) is -0.0292. The molecule has 4 aromatic rings. The lowest BCUT2D eigenvalue weighted by Crippen LogP contribution is -2.43. The van der Waals surface area contributed by atoms with Crippen molar-refractivity contribution >= 4 is 27.3 Å². The van der Waals surface area contributed by atoms with E-state index in [9.17, 15) is 4.79 Å². The molecule has 0 aliphatic carbocycles. The van der Waals surface area contributed by atoms with Gasteiger partial charge in [0.1, 0.15) is 0 Å². The van der Waals surface area contributed by atoms with Crippen LogP contribution in [0.15, 0.2) is 52.4 Å². The maximum atomic E-state index is 13.1. The van der Waals surface area contributed by atoms with Crippen molar-refractivity contribution in [3.8, 4) is 11.4 Å². The van der Waals surface area contributed by atoms with Gasteiger partial charge in [-0.25, -0.2) is 0 Å². The van der Waals surface area contributed by atoms with Gasteiger partial charge < -0.3 is 14.2 Å². The number of carbonyl (C=O) groups excluding carboxylic acids is 1. The van der Waals surface area contributed by atoms with Gasteiger partial charge in [0, 0.05) is 16.8 Å². The van der Waals surface area contributed by atoms with Crippen LogP contribution in [-0.4, -0.2) is 40.6 Å². The summed E-state index contributed by atoms with van der Waals surface area (Å²) in [5.74, 6) is 1.04. The van der Waals surface area contributed by atoms with E-state index in [4.69, 9.17) is 9.26 Å². The van der Waals surface area contributed by atoms with E-state index >= 15 is 0 Å². The Labute approximate surface area is 184 Å². The Balaban J connectivity index is 1.31. The van der Waals surface area contributed by atoms with E-state index in [0.29, 0.717) is 37.8 Å². The molecule has 0 N–H and O–H groups in total. The predicted molar refractivity (Wildman–Crippen MR) is 120 cm³/mol. The number of aryl methyl sites for hydroxylation is 2. The van der Waals surface area contributed by atoms with Crippen LogP contribution in [-0.2, 0) is 16.0 Å². The van der Waals surface area contributed by atoms with E-state index in [0.717, 1.165) is 16.7 Å². The van der Waals surface area contributed by atoms with E-state index in [1.165, 1.54) is 15.6 Å². The summed E-state index contributed by atoms with van der Waals surface area (Å²) in [7, 11) is 0. The molecule has 1 amide bonds. The summed E-state index contributed by atoms with van der Waals surface area (Å²) in [6.45, 7) is 5.51. The fourth-order valence-corrected chi connectivity index (χ4v) is 4.87. The molecular formula is C24H23N3O3S. The minimum absolute atomic E-state index is 0.0909. The van der Waals surface area contributed by atoms with Crippen LogP contribution in [0.2, 0.25) is 0 Å². The van der Waals surface area contributed by atoms with Crippen molar-refractivity contribution in [1.29, 1.82) is 0 Å². The molecule has 0 saturated carbocycles. The highest BCUT2D eigenvalue weighted by Gasteiger charge is 2.30. The number of morpholine rings is 1. The van der Waals surface area contributed by atoms with Crippen molar-refractivity contribution in [3.05, 3.63) is 70.4 Å². The number of carbonyl (C=O) groups is 1. The van der Waals surface area contributed by atoms with Crippen molar-refractivity contribution in [2.24, 2.45) is 0 Å². The second-order valence-corrected chi connectivity index (χ2v) is 8.82. The quantitative estimate of drug-likeness (QED) is 0.466. The van der Waals surface area contributed by atoms with Crippen LogP contribution in [0.4, 0.5) is 0 Å². The molecule has 3 heterocycles. The summed E-state index contributed by atoms with van der Waals surface area (Å²) < 4.78 is 12.6. The summed E-state index contributed by atoms with van der Waals surface area (Å²) in [5.41, 5.74) is 4.29. The summed E-state index contributed by atoms with van der Waals surface area (Å²) in [5, 5.41) is 7.39. The first-order valence-electron chi connectivity index (χ1n) is 10.3. The number of fused-ring (bicyclic) bond motifs is 1. The minimum Gasteiger partial charge on any atom is -0.365 e. The Kier molecular flexibility index (Phi) is 5.29. The fourth-order valence-electron chi connectivity index (χ4n) is 3.93. The zero-order valence-corrected chi connectivity index (χ0v) is 18.3. The van der Waals surface area contributed by atoms with Gasteiger partial charge in [0.25, 0.3) is 5.89 Å². The topological polar surface area (TPSA) is 68.5 Å². The van der Waals surface area contributed by atoms with Crippen LogP contribution in [0, 0.1) is 13.8 Å². The summed E-state index contributed by atoms with van der Waals surface area (Å²) in [6, 6.07) is 14.3. The molecule has 5 rings (SSSR count). The van der Waals surface area contributed by atoms with Gasteiger partial charge in [-0.05, 0) is 41.8 Å². The molecule has 0 radical (unpaired) electrons. The van der Waals surface area contributed by atoms with Crippen molar-refractivity contribution in [3.63, 3.8) is 0 Å². The van der Waals surface area contributed by atoms with Gasteiger partial charge in [-0.3, -0.25) is 4.79 Å². The molecule has 1 aliphatic heterocycles. The highest BCUT2D eigenvalue weighted by atomic mass is 32.1.